The zero-order valence-electron chi connectivity index (χ0n) is 14.6. The predicted octanol–water partition coefficient (Wildman–Crippen LogP) is 4.97. The van der Waals surface area contributed by atoms with E-state index in [2.05, 4.69) is 32.9 Å². The summed E-state index contributed by atoms with van der Waals surface area (Å²) in [6, 6.07) is 16.2. The molecule has 2 aromatic rings. The van der Waals surface area contributed by atoms with Crippen molar-refractivity contribution in [1.29, 1.82) is 5.41 Å². The maximum Gasteiger partial charge on any atom is 0.192 e. The molecular weight excluding hydrogens is 318 g/mol. The van der Waals surface area contributed by atoms with Gasteiger partial charge in [0.2, 0.25) is 0 Å². The normalized spacial score (nSPS) is 11.3. The molecule has 3 N–H and O–H groups in total. The van der Waals surface area contributed by atoms with Gasteiger partial charge in [0.1, 0.15) is 0 Å². The number of rotatable bonds is 5. The number of aryl methyl sites for hydroxylation is 1. The van der Waals surface area contributed by atoms with Crippen LogP contribution in [0.15, 0.2) is 48.5 Å². The molecule has 3 nitrogen and oxygen atoms in total. The number of benzene rings is 2. The number of hydrogen-bond acceptors (Lipinski definition) is 1. The first kappa shape index (κ1) is 18.3. The molecule has 0 unspecified atom stereocenters. The monoisotopic (exact) mass is 343 g/mol. The Morgan fingerprint density at radius 1 is 1.04 bits per heavy atom. The van der Waals surface area contributed by atoms with Crippen LogP contribution in [0.25, 0.3) is 0 Å². The highest BCUT2D eigenvalue weighted by Crippen LogP contribution is 2.25. The van der Waals surface area contributed by atoms with Gasteiger partial charge in [-0.15, -0.1) is 0 Å². The SMILES string of the molecule is CC(C)(C)c1ccc(N(CCCc2ccc(Cl)cc2)C(=N)N)cc1. The van der Waals surface area contributed by atoms with Crippen molar-refractivity contribution >= 4 is 23.2 Å². The summed E-state index contributed by atoms with van der Waals surface area (Å²) in [6.07, 6.45) is 1.85. The van der Waals surface area contributed by atoms with E-state index in [1.165, 1.54) is 11.1 Å². The van der Waals surface area contributed by atoms with E-state index in [9.17, 15) is 0 Å². The molecule has 24 heavy (non-hydrogen) atoms. The zero-order valence-corrected chi connectivity index (χ0v) is 15.4. The third kappa shape index (κ3) is 5.00. The minimum atomic E-state index is 0.0783. The molecular formula is C20H26ClN3. The Labute approximate surface area is 149 Å². The van der Waals surface area contributed by atoms with Crippen molar-refractivity contribution in [3.63, 3.8) is 0 Å². The second kappa shape index (κ2) is 7.71. The summed E-state index contributed by atoms with van der Waals surface area (Å²) in [5.74, 6) is 0.0783. The Morgan fingerprint density at radius 3 is 2.12 bits per heavy atom. The van der Waals surface area contributed by atoms with E-state index in [1.54, 1.807) is 0 Å². The van der Waals surface area contributed by atoms with Crippen LogP contribution >= 0.6 is 11.6 Å². The molecule has 0 aliphatic heterocycles. The van der Waals surface area contributed by atoms with Gasteiger partial charge in [-0.2, -0.15) is 0 Å². The number of halogens is 1. The molecule has 0 saturated carbocycles. The fourth-order valence-electron chi connectivity index (χ4n) is 2.62. The average Bonchev–Trinajstić information content (AvgIpc) is 2.52. The van der Waals surface area contributed by atoms with Gasteiger partial charge in [0.05, 0.1) is 0 Å². The summed E-state index contributed by atoms with van der Waals surface area (Å²) < 4.78 is 0. The number of nitrogens with one attached hydrogen (secondary N) is 1. The van der Waals surface area contributed by atoms with Crippen LogP contribution in [0.3, 0.4) is 0 Å². The van der Waals surface area contributed by atoms with E-state index in [1.807, 2.05) is 41.3 Å². The van der Waals surface area contributed by atoms with Crippen molar-refractivity contribution in [3.8, 4) is 0 Å². The number of guanidine groups is 1. The Kier molecular flexibility index (Phi) is 5.89. The van der Waals surface area contributed by atoms with Crippen molar-refractivity contribution in [2.45, 2.75) is 39.0 Å². The molecule has 4 heteroatoms. The van der Waals surface area contributed by atoms with E-state index in [-0.39, 0.29) is 11.4 Å². The molecule has 0 amide bonds. The first-order valence-electron chi connectivity index (χ1n) is 8.24. The zero-order chi connectivity index (χ0) is 17.7. The third-order valence-electron chi connectivity index (χ3n) is 4.10. The van der Waals surface area contributed by atoms with E-state index in [4.69, 9.17) is 22.7 Å². The Bertz CT molecular complexity index is 670. The maximum atomic E-state index is 7.86. The molecule has 0 aromatic heterocycles. The van der Waals surface area contributed by atoms with Gasteiger partial charge in [-0.05, 0) is 53.6 Å². The molecule has 0 radical (unpaired) electrons. The van der Waals surface area contributed by atoms with Crippen LogP contribution in [0.5, 0.6) is 0 Å². The molecule has 0 spiro atoms. The molecule has 0 atom stereocenters. The van der Waals surface area contributed by atoms with Gasteiger partial charge in [0, 0.05) is 17.3 Å². The number of anilines is 1. The lowest BCUT2D eigenvalue weighted by atomic mass is 9.87. The van der Waals surface area contributed by atoms with E-state index in [0.29, 0.717) is 6.54 Å². The lowest BCUT2D eigenvalue weighted by Crippen LogP contribution is -2.37. The highest BCUT2D eigenvalue weighted by molar-refractivity contribution is 6.30. The van der Waals surface area contributed by atoms with Gasteiger partial charge in [0.15, 0.2) is 5.96 Å². The topological polar surface area (TPSA) is 53.1 Å². The van der Waals surface area contributed by atoms with Gasteiger partial charge in [-0.3, -0.25) is 5.41 Å². The highest BCUT2D eigenvalue weighted by atomic mass is 35.5. The molecule has 0 fully saturated rings. The third-order valence-corrected chi connectivity index (χ3v) is 4.35. The first-order valence-corrected chi connectivity index (χ1v) is 8.62. The van der Waals surface area contributed by atoms with Gasteiger partial charge < -0.3 is 10.6 Å². The van der Waals surface area contributed by atoms with Crippen molar-refractivity contribution in [1.82, 2.24) is 0 Å². The van der Waals surface area contributed by atoms with Crippen LogP contribution in [0, 0.1) is 5.41 Å². The lowest BCUT2D eigenvalue weighted by molar-refractivity contribution is 0.590. The fourth-order valence-corrected chi connectivity index (χ4v) is 2.75. The maximum absolute atomic E-state index is 7.86. The second-order valence-electron chi connectivity index (χ2n) is 7.06. The largest absolute Gasteiger partial charge is 0.370 e. The van der Waals surface area contributed by atoms with Gasteiger partial charge in [-0.1, -0.05) is 56.6 Å². The molecule has 0 heterocycles. The fraction of sp³-hybridized carbons (Fsp3) is 0.350. The number of hydrogen-bond donors (Lipinski definition) is 2. The van der Waals surface area contributed by atoms with Gasteiger partial charge in [-0.25, -0.2) is 0 Å². The second-order valence-corrected chi connectivity index (χ2v) is 7.50. The molecule has 0 aliphatic carbocycles. The van der Waals surface area contributed by atoms with Gasteiger partial charge in [0.25, 0.3) is 0 Å². The number of nitrogens with zero attached hydrogens (tertiary/aromatic N) is 1. The summed E-state index contributed by atoms with van der Waals surface area (Å²) in [7, 11) is 0. The molecule has 2 aromatic carbocycles. The van der Waals surface area contributed by atoms with Crippen molar-refractivity contribution in [2.75, 3.05) is 11.4 Å². The number of nitrogens with two attached hydrogens (primary N) is 1. The highest BCUT2D eigenvalue weighted by Gasteiger charge is 2.15. The summed E-state index contributed by atoms with van der Waals surface area (Å²) in [5.41, 5.74) is 9.38. The first-order chi connectivity index (χ1) is 11.3. The van der Waals surface area contributed by atoms with Crippen LogP contribution in [0.4, 0.5) is 5.69 Å². The Morgan fingerprint density at radius 2 is 1.62 bits per heavy atom. The molecule has 0 bridgehead atoms. The smallest absolute Gasteiger partial charge is 0.192 e. The lowest BCUT2D eigenvalue weighted by Gasteiger charge is -2.25. The Balaban J connectivity index is 2.01. The quantitative estimate of drug-likeness (QED) is 0.594. The minimum absolute atomic E-state index is 0.0783. The minimum Gasteiger partial charge on any atom is -0.370 e. The van der Waals surface area contributed by atoms with E-state index < -0.39 is 0 Å². The van der Waals surface area contributed by atoms with Crippen LogP contribution < -0.4 is 10.6 Å². The van der Waals surface area contributed by atoms with E-state index >= 15 is 0 Å². The molecule has 0 aliphatic rings. The summed E-state index contributed by atoms with van der Waals surface area (Å²) in [5, 5.41) is 8.62. The Hall–Kier alpha value is -2.00. The van der Waals surface area contributed by atoms with Crippen molar-refractivity contribution in [3.05, 3.63) is 64.7 Å². The van der Waals surface area contributed by atoms with Crippen molar-refractivity contribution < 1.29 is 0 Å². The molecule has 0 saturated heterocycles. The van der Waals surface area contributed by atoms with Crippen LogP contribution in [0.2, 0.25) is 5.02 Å². The average molecular weight is 344 g/mol. The summed E-state index contributed by atoms with van der Waals surface area (Å²) in [6.45, 7) is 7.29. The van der Waals surface area contributed by atoms with E-state index in [0.717, 1.165) is 23.6 Å². The van der Waals surface area contributed by atoms with Gasteiger partial charge >= 0.3 is 0 Å². The standard InChI is InChI=1S/C20H26ClN3/c1-20(2,3)16-8-12-18(13-9-16)24(19(22)23)14-4-5-15-6-10-17(21)11-7-15/h6-13H,4-5,14H2,1-3H3,(H3,22,23). The van der Waals surface area contributed by atoms with Crippen molar-refractivity contribution in [2.24, 2.45) is 5.73 Å². The van der Waals surface area contributed by atoms with Crippen LogP contribution in [-0.2, 0) is 11.8 Å². The summed E-state index contributed by atoms with van der Waals surface area (Å²) >= 11 is 5.91. The molecule has 2 rings (SSSR count). The molecule has 128 valence electrons. The predicted molar refractivity (Wildman–Crippen MR) is 104 cm³/mol. The summed E-state index contributed by atoms with van der Waals surface area (Å²) in [4.78, 5) is 1.85. The van der Waals surface area contributed by atoms with Crippen LogP contribution in [0.1, 0.15) is 38.3 Å². The van der Waals surface area contributed by atoms with Crippen LogP contribution in [-0.4, -0.2) is 12.5 Å².